The van der Waals surface area contributed by atoms with E-state index in [2.05, 4.69) is 12.2 Å². The lowest BCUT2D eigenvalue weighted by atomic mass is 10.1. The van der Waals surface area contributed by atoms with E-state index in [0.717, 1.165) is 29.8 Å². The van der Waals surface area contributed by atoms with Crippen molar-refractivity contribution >= 4 is 17.6 Å². The maximum absolute atomic E-state index is 12.6. The minimum absolute atomic E-state index is 0.0410. The third kappa shape index (κ3) is 11.4. The summed E-state index contributed by atoms with van der Waals surface area (Å²) in [6.45, 7) is 3.92. The molecule has 3 N–H and O–H groups in total. The number of hydrogen-bond donors (Lipinski definition) is 2. The molecule has 29 heavy (non-hydrogen) atoms. The molecule has 1 aromatic rings. The number of benzene rings is 1. The highest BCUT2D eigenvalue weighted by Crippen LogP contribution is 2.09. The first kappa shape index (κ1) is 24.8. The molecule has 1 atom stereocenters. The predicted octanol–water partition coefficient (Wildman–Crippen LogP) is 3.54. The third-order valence-corrected chi connectivity index (χ3v) is 4.90. The first-order valence-corrected chi connectivity index (χ1v) is 10.8. The number of Topliss-reactive ketones (excluding diaryl/α,β-unsaturated/α-hetero) is 1. The number of ketones is 1. The maximum atomic E-state index is 12.6. The van der Waals surface area contributed by atoms with Gasteiger partial charge in [0.1, 0.15) is 11.8 Å². The van der Waals surface area contributed by atoms with E-state index in [1.54, 1.807) is 0 Å². The van der Waals surface area contributed by atoms with Crippen LogP contribution in [0.15, 0.2) is 30.3 Å². The van der Waals surface area contributed by atoms with Crippen LogP contribution in [-0.2, 0) is 20.8 Å². The molecule has 0 aromatic heterocycles. The standard InChI is InChI=1S/C23H37N3O3/c1-3-4-5-6-7-8-12-15-22(28)25-21(18-19(2)27)23(29)26(24)17-16-20-13-10-9-11-14-20/h9-11,13-14,21H,3-8,12,15-18,24H2,1-2H3,(H,25,28)/t21-/m0/s1. The molecule has 0 aliphatic carbocycles. The number of nitrogens with two attached hydrogens (primary N) is 1. The zero-order chi connectivity index (χ0) is 21.5. The van der Waals surface area contributed by atoms with Gasteiger partial charge in [-0.3, -0.25) is 19.4 Å². The van der Waals surface area contributed by atoms with E-state index in [4.69, 9.17) is 5.84 Å². The molecule has 0 saturated heterocycles. The average Bonchev–Trinajstić information content (AvgIpc) is 2.70. The van der Waals surface area contributed by atoms with Gasteiger partial charge in [0.05, 0.1) is 0 Å². The summed E-state index contributed by atoms with van der Waals surface area (Å²) in [7, 11) is 0. The molecule has 0 aliphatic heterocycles. The van der Waals surface area contributed by atoms with Crippen molar-refractivity contribution in [1.29, 1.82) is 0 Å². The van der Waals surface area contributed by atoms with Crippen molar-refractivity contribution in [3.8, 4) is 0 Å². The number of hydrazine groups is 1. The van der Waals surface area contributed by atoms with Crippen molar-refractivity contribution in [2.45, 2.75) is 84.1 Å². The largest absolute Gasteiger partial charge is 0.344 e. The van der Waals surface area contributed by atoms with Gasteiger partial charge in [-0.15, -0.1) is 0 Å². The molecule has 0 fully saturated rings. The fourth-order valence-corrected chi connectivity index (χ4v) is 3.20. The summed E-state index contributed by atoms with van der Waals surface area (Å²) < 4.78 is 0. The van der Waals surface area contributed by atoms with Gasteiger partial charge in [-0.2, -0.15) is 0 Å². The van der Waals surface area contributed by atoms with Crippen molar-refractivity contribution in [3.63, 3.8) is 0 Å². The Labute approximate surface area is 175 Å². The second-order valence-electron chi connectivity index (χ2n) is 7.66. The molecular formula is C23H37N3O3. The molecule has 0 heterocycles. The van der Waals surface area contributed by atoms with E-state index < -0.39 is 11.9 Å². The van der Waals surface area contributed by atoms with Crippen LogP contribution in [0.5, 0.6) is 0 Å². The summed E-state index contributed by atoms with van der Waals surface area (Å²) in [5, 5.41) is 3.81. The van der Waals surface area contributed by atoms with E-state index in [0.29, 0.717) is 19.4 Å². The van der Waals surface area contributed by atoms with Crippen LogP contribution in [0.2, 0.25) is 0 Å². The molecule has 0 radical (unpaired) electrons. The Morgan fingerprint density at radius 2 is 1.62 bits per heavy atom. The van der Waals surface area contributed by atoms with Crippen LogP contribution in [0.1, 0.15) is 77.2 Å². The molecule has 0 aliphatic rings. The van der Waals surface area contributed by atoms with Crippen LogP contribution in [0.3, 0.4) is 0 Å². The second-order valence-corrected chi connectivity index (χ2v) is 7.66. The molecule has 0 bridgehead atoms. The number of hydrogen-bond acceptors (Lipinski definition) is 4. The van der Waals surface area contributed by atoms with Gasteiger partial charge in [0.2, 0.25) is 5.91 Å². The molecule has 1 rings (SSSR count). The maximum Gasteiger partial charge on any atom is 0.259 e. The highest BCUT2D eigenvalue weighted by Gasteiger charge is 2.25. The minimum Gasteiger partial charge on any atom is -0.344 e. The Balaban J connectivity index is 2.43. The van der Waals surface area contributed by atoms with Gasteiger partial charge < -0.3 is 5.32 Å². The van der Waals surface area contributed by atoms with Crippen LogP contribution < -0.4 is 11.2 Å². The molecule has 0 saturated carbocycles. The molecule has 0 unspecified atom stereocenters. The average molecular weight is 404 g/mol. The van der Waals surface area contributed by atoms with Gasteiger partial charge in [-0.25, -0.2) is 5.84 Å². The summed E-state index contributed by atoms with van der Waals surface area (Å²) in [5.74, 6) is 5.14. The van der Waals surface area contributed by atoms with Crippen molar-refractivity contribution in [3.05, 3.63) is 35.9 Å². The third-order valence-electron chi connectivity index (χ3n) is 4.90. The van der Waals surface area contributed by atoms with Crippen molar-refractivity contribution in [2.75, 3.05) is 6.54 Å². The van der Waals surface area contributed by atoms with Crippen LogP contribution in [-0.4, -0.2) is 35.2 Å². The summed E-state index contributed by atoms with van der Waals surface area (Å²) in [4.78, 5) is 36.5. The van der Waals surface area contributed by atoms with E-state index in [1.807, 2.05) is 30.3 Å². The van der Waals surface area contributed by atoms with Gasteiger partial charge in [-0.05, 0) is 25.3 Å². The number of nitrogens with zero attached hydrogens (tertiary/aromatic N) is 1. The molecule has 6 heteroatoms. The summed E-state index contributed by atoms with van der Waals surface area (Å²) in [5.41, 5.74) is 1.07. The number of carbonyl (C=O) groups is 3. The molecule has 1 aromatic carbocycles. The number of unbranched alkanes of at least 4 members (excludes halogenated alkanes) is 6. The fourth-order valence-electron chi connectivity index (χ4n) is 3.20. The highest BCUT2D eigenvalue weighted by molar-refractivity contribution is 5.91. The Morgan fingerprint density at radius 1 is 1.00 bits per heavy atom. The smallest absolute Gasteiger partial charge is 0.259 e. The van der Waals surface area contributed by atoms with Crippen LogP contribution >= 0.6 is 0 Å². The Morgan fingerprint density at radius 3 is 2.24 bits per heavy atom. The van der Waals surface area contributed by atoms with Crippen molar-refractivity contribution < 1.29 is 14.4 Å². The van der Waals surface area contributed by atoms with E-state index in [9.17, 15) is 14.4 Å². The van der Waals surface area contributed by atoms with Crippen LogP contribution in [0.4, 0.5) is 0 Å². The summed E-state index contributed by atoms with van der Waals surface area (Å²) >= 11 is 0. The number of nitrogens with one attached hydrogen (secondary N) is 1. The number of carbonyl (C=O) groups excluding carboxylic acids is 3. The lowest BCUT2D eigenvalue weighted by molar-refractivity contribution is -0.138. The molecule has 2 amide bonds. The Kier molecular flexibility index (Phi) is 12.6. The quantitative estimate of drug-likeness (QED) is 0.203. The molecular weight excluding hydrogens is 366 g/mol. The van der Waals surface area contributed by atoms with Gasteiger partial charge >= 0.3 is 0 Å². The van der Waals surface area contributed by atoms with E-state index >= 15 is 0 Å². The SMILES string of the molecule is CCCCCCCCCC(=O)N[C@@H](CC(C)=O)C(=O)N(N)CCc1ccccc1. The Bertz CT molecular complexity index is 619. The molecule has 162 valence electrons. The van der Waals surface area contributed by atoms with Gasteiger partial charge in [-0.1, -0.05) is 75.8 Å². The highest BCUT2D eigenvalue weighted by atomic mass is 16.2. The normalized spacial score (nSPS) is 11.7. The van der Waals surface area contributed by atoms with Gasteiger partial charge in [0.15, 0.2) is 0 Å². The topological polar surface area (TPSA) is 92.5 Å². The van der Waals surface area contributed by atoms with Crippen molar-refractivity contribution in [2.24, 2.45) is 5.84 Å². The number of rotatable bonds is 15. The molecule has 0 spiro atoms. The van der Waals surface area contributed by atoms with Gasteiger partial charge in [0, 0.05) is 19.4 Å². The first-order chi connectivity index (χ1) is 13.9. The predicted molar refractivity (Wildman–Crippen MR) is 116 cm³/mol. The summed E-state index contributed by atoms with van der Waals surface area (Å²) in [6.07, 6.45) is 8.78. The second kappa shape index (κ2) is 14.7. The van der Waals surface area contributed by atoms with Crippen LogP contribution in [0, 0.1) is 0 Å². The zero-order valence-electron chi connectivity index (χ0n) is 18.0. The van der Waals surface area contributed by atoms with Crippen molar-refractivity contribution in [1.82, 2.24) is 10.3 Å². The van der Waals surface area contributed by atoms with Crippen LogP contribution in [0.25, 0.3) is 0 Å². The number of amides is 2. The zero-order valence-corrected chi connectivity index (χ0v) is 18.0. The lowest BCUT2D eigenvalue weighted by Crippen LogP contribution is -2.52. The van der Waals surface area contributed by atoms with Gasteiger partial charge in [0.25, 0.3) is 5.91 Å². The summed E-state index contributed by atoms with van der Waals surface area (Å²) in [6, 6.07) is 8.83. The lowest BCUT2D eigenvalue weighted by Gasteiger charge is -2.23. The molecule has 6 nitrogen and oxygen atoms in total. The monoisotopic (exact) mass is 403 g/mol. The first-order valence-electron chi connectivity index (χ1n) is 10.8. The fraction of sp³-hybridized carbons (Fsp3) is 0.609. The van der Waals surface area contributed by atoms with E-state index in [1.165, 1.54) is 32.6 Å². The Hall–Kier alpha value is -2.21. The van der Waals surface area contributed by atoms with E-state index in [-0.39, 0.29) is 18.1 Å². The minimum atomic E-state index is -0.898.